The maximum Gasteiger partial charge on any atom is 0.151 e. The van der Waals surface area contributed by atoms with Crippen LogP contribution in [-0.4, -0.2) is 31.5 Å². The zero-order chi connectivity index (χ0) is 12.0. The third kappa shape index (κ3) is 5.05. The molecule has 0 aromatic carbocycles. The number of aryl methyl sites for hydroxylation is 1. The smallest absolute Gasteiger partial charge is 0.151 e. The zero-order valence-corrected chi connectivity index (χ0v) is 11.3. The molecule has 92 valence electrons. The summed E-state index contributed by atoms with van der Waals surface area (Å²) in [6.45, 7) is 4.98. The van der Waals surface area contributed by atoms with Crippen molar-refractivity contribution in [2.75, 3.05) is 18.1 Å². The molecule has 0 spiro atoms. The van der Waals surface area contributed by atoms with E-state index in [2.05, 4.69) is 10.3 Å². The molecule has 0 saturated carbocycles. The molecule has 0 saturated heterocycles. The second-order valence-electron chi connectivity index (χ2n) is 3.71. The lowest BCUT2D eigenvalue weighted by Gasteiger charge is -2.03. The van der Waals surface area contributed by atoms with Gasteiger partial charge in [-0.3, -0.25) is 0 Å². The van der Waals surface area contributed by atoms with Gasteiger partial charge in [0.25, 0.3) is 0 Å². The lowest BCUT2D eigenvalue weighted by atomic mass is 10.5. The predicted octanol–water partition coefficient (Wildman–Crippen LogP) is 1.37. The molecule has 0 radical (unpaired) electrons. The van der Waals surface area contributed by atoms with Crippen molar-refractivity contribution in [3.05, 3.63) is 16.1 Å². The highest BCUT2D eigenvalue weighted by Gasteiger charge is 2.08. The average Bonchev–Trinajstić information content (AvgIpc) is 2.59. The van der Waals surface area contributed by atoms with Crippen molar-refractivity contribution in [2.24, 2.45) is 0 Å². The zero-order valence-electron chi connectivity index (χ0n) is 9.69. The third-order valence-corrected chi connectivity index (χ3v) is 4.87. The molecule has 0 unspecified atom stereocenters. The Hall–Kier alpha value is -0.460. The fraction of sp³-hybridized carbons (Fsp3) is 0.700. The largest absolute Gasteiger partial charge is 0.309 e. The highest BCUT2D eigenvalue weighted by atomic mass is 32.2. The summed E-state index contributed by atoms with van der Waals surface area (Å²) < 4.78 is 22.8. The molecule has 1 N–H and O–H groups in total. The Balaban J connectivity index is 2.22. The van der Waals surface area contributed by atoms with Crippen LogP contribution in [0.4, 0.5) is 0 Å². The molecule has 1 aromatic rings. The molecule has 6 heteroatoms. The number of hydrogen-bond acceptors (Lipinski definition) is 5. The van der Waals surface area contributed by atoms with Gasteiger partial charge in [0.05, 0.1) is 5.75 Å². The van der Waals surface area contributed by atoms with E-state index in [1.807, 2.05) is 19.2 Å². The van der Waals surface area contributed by atoms with Gasteiger partial charge in [0.1, 0.15) is 5.01 Å². The average molecular weight is 262 g/mol. The van der Waals surface area contributed by atoms with Gasteiger partial charge in [-0.2, -0.15) is 0 Å². The van der Waals surface area contributed by atoms with Crippen molar-refractivity contribution in [2.45, 2.75) is 26.8 Å². The van der Waals surface area contributed by atoms with E-state index in [9.17, 15) is 8.42 Å². The summed E-state index contributed by atoms with van der Waals surface area (Å²) >= 11 is 1.59. The minimum Gasteiger partial charge on any atom is -0.309 e. The lowest BCUT2D eigenvalue weighted by Crippen LogP contribution is -2.24. The monoisotopic (exact) mass is 262 g/mol. The van der Waals surface area contributed by atoms with Crippen molar-refractivity contribution in [1.82, 2.24) is 10.3 Å². The van der Waals surface area contributed by atoms with Gasteiger partial charge in [0.2, 0.25) is 0 Å². The molecule has 0 aliphatic heterocycles. The Morgan fingerprint density at radius 1 is 1.44 bits per heavy atom. The molecule has 16 heavy (non-hydrogen) atoms. The molecule has 1 heterocycles. The Morgan fingerprint density at radius 3 is 2.75 bits per heavy atom. The normalized spacial score (nSPS) is 11.9. The summed E-state index contributed by atoms with van der Waals surface area (Å²) in [4.78, 5) is 4.29. The van der Waals surface area contributed by atoms with Crippen molar-refractivity contribution in [3.63, 3.8) is 0 Å². The van der Waals surface area contributed by atoms with E-state index in [4.69, 9.17) is 0 Å². The number of rotatable bonds is 7. The molecule has 0 bridgehead atoms. The van der Waals surface area contributed by atoms with Crippen LogP contribution >= 0.6 is 11.3 Å². The van der Waals surface area contributed by atoms with Gasteiger partial charge in [-0.05, 0) is 13.3 Å². The quantitative estimate of drug-likeness (QED) is 0.754. The fourth-order valence-corrected chi connectivity index (χ4v) is 3.34. The van der Waals surface area contributed by atoms with Gasteiger partial charge < -0.3 is 5.32 Å². The first-order chi connectivity index (χ1) is 7.53. The van der Waals surface area contributed by atoms with E-state index in [-0.39, 0.29) is 11.5 Å². The van der Waals surface area contributed by atoms with Crippen LogP contribution in [0.15, 0.2) is 5.38 Å². The van der Waals surface area contributed by atoms with Crippen LogP contribution in [0.25, 0.3) is 0 Å². The van der Waals surface area contributed by atoms with Crippen molar-refractivity contribution < 1.29 is 8.42 Å². The molecule has 0 atom stereocenters. The SMILES string of the molecule is CCCS(=O)(=O)CCNCc1nc(C)cs1. The minimum absolute atomic E-state index is 0.213. The second kappa shape index (κ2) is 6.32. The summed E-state index contributed by atoms with van der Waals surface area (Å²) in [7, 11) is -2.86. The van der Waals surface area contributed by atoms with Crippen LogP contribution in [0.5, 0.6) is 0 Å². The molecule has 1 aromatic heterocycles. The molecular weight excluding hydrogens is 244 g/mol. The molecular formula is C10H18N2O2S2. The predicted molar refractivity (Wildman–Crippen MR) is 67.5 cm³/mol. The third-order valence-electron chi connectivity index (χ3n) is 2.05. The van der Waals surface area contributed by atoms with Gasteiger partial charge in [-0.25, -0.2) is 13.4 Å². The Kier molecular flexibility index (Phi) is 5.37. The van der Waals surface area contributed by atoms with E-state index in [1.165, 1.54) is 0 Å². The number of hydrogen-bond donors (Lipinski definition) is 1. The minimum atomic E-state index is -2.86. The summed E-state index contributed by atoms with van der Waals surface area (Å²) in [6, 6.07) is 0. The Labute approximate surface area is 101 Å². The summed E-state index contributed by atoms with van der Waals surface area (Å²) in [5.41, 5.74) is 1.01. The van der Waals surface area contributed by atoms with Crippen LogP contribution in [0.1, 0.15) is 24.0 Å². The van der Waals surface area contributed by atoms with Gasteiger partial charge in [0.15, 0.2) is 9.84 Å². The lowest BCUT2D eigenvalue weighted by molar-refractivity contribution is 0.589. The highest BCUT2D eigenvalue weighted by Crippen LogP contribution is 2.07. The number of sulfone groups is 1. The van der Waals surface area contributed by atoms with E-state index in [1.54, 1.807) is 11.3 Å². The first kappa shape index (κ1) is 13.6. The van der Waals surface area contributed by atoms with E-state index < -0.39 is 9.84 Å². The van der Waals surface area contributed by atoms with E-state index in [0.29, 0.717) is 19.5 Å². The molecule has 1 rings (SSSR count). The summed E-state index contributed by atoms with van der Waals surface area (Å²) in [5, 5.41) is 6.09. The number of aromatic nitrogens is 1. The van der Waals surface area contributed by atoms with Gasteiger partial charge in [-0.15, -0.1) is 11.3 Å². The van der Waals surface area contributed by atoms with Gasteiger partial charge >= 0.3 is 0 Å². The summed E-state index contributed by atoms with van der Waals surface area (Å²) in [5.74, 6) is 0.496. The van der Waals surface area contributed by atoms with Crippen LogP contribution in [0.3, 0.4) is 0 Å². The van der Waals surface area contributed by atoms with Gasteiger partial charge in [0, 0.05) is 29.9 Å². The maximum atomic E-state index is 11.4. The first-order valence-electron chi connectivity index (χ1n) is 5.35. The number of nitrogens with zero attached hydrogens (tertiary/aromatic N) is 1. The Bertz CT molecular complexity index is 412. The Morgan fingerprint density at radius 2 is 2.19 bits per heavy atom. The molecule has 0 amide bonds. The van der Waals surface area contributed by atoms with Crippen LogP contribution in [0.2, 0.25) is 0 Å². The number of thiazole rings is 1. The van der Waals surface area contributed by atoms with Crippen LogP contribution in [0, 0.1) is 6.92 Å². The molecule has 0 fully saturated rings. The fourth-order valence-electron chi connectivity index (χ4n) is 1.32. The van der Waals surface area contributed by atoms with E-state index in [0.717, 1.165) is 10.7 Å². The van der Waals surface area contributed by atoms with E-state index >= 15 is 0 Å². The van der Waals surface area contributed by atoms with Gasteiger partial charge in [-0.1, -0.05) is 6.92 Å². The second-order valence-corrected chi connectivity index (χ2v) is 6.96. The summed E-state index contributed by atoms with van der Waals surface area (Å²) in [6.07, 6.45) is 0.689. The van der Waals surface area contributed by atoms with Crippen molar-refractivity contribution in [3.8, 4) is 0 Å². The molecule has 0 aliphatic rings. The molecule has 0 aliphatic carbocycles. The van der Waals surface area contributed by atoms with Crippen LogP contribution in [-0.2, 0) is 16.4 Å². The standard InChI is InChI=1S/C10H18N2O2S2/c1-3-5-16(13,14)6-4-11-7-10-12-9(2)8-15-10/h8,11H,3-7H2,1-2H3. The molecule has 4 nitrogen and oxygen atoms in total. The van der Waals surface area contributed by atoms with Crippen molar-refractivity contribution in [1.29, 1.82) is 0 Å². The van der Waals surface area contributed by atoms with Crippen molar-refractivity contribution >= 4 is 21.2 Å². The number of nitrogens with one attached hydrogen (secondary N) is 1. The topological polar surface area (TPSA) is 59.1 Å². The highest BCUT2D eigenvalue weighted by molar-refractivity contribution is 7.91. The first-order valence-corrected chi connectivity index (χ1v) is 8.06. The maximum absolute atomic E-state index is 11.4. The van der Waals surface area contributed by atoms with Crippen LogP contribution < -0.4 is 5.32 Å².